The van der Waals surface area contributed by atoms with Crippen LogP contribution >= 0.6 is 0 Å². The molecule has 1 heterocycles. The van der Waals surface area contributed by atoms with Gasteiger partial charge in [-0.25, -0.2) is 0 Å². The highest BCUT2D eigenvalue weighted by Crippen LogP contribution is 2.18. The third-order valence-electron chi connectivity index (χ3n) is 4.59. The zero-order valence-corrected chi connectivity index (χ0v) is 14.8. The van der Waals surface area contributed by atoms with E-state index >= 15 is 0 Å². The molecule has 0 saturated carbocycles. The molecule has 4 heteroatoms. The van der Waals surface area contributed by atoms with E-state index in [0.717, 1.165) is 38.2 Å². The van der Waals surface area contributed by atoms with Crippen molar-refractivity contribution >= 4 is 5.91 Å². The Morgan fingerprint density at radius 1 is 1.12 bits per heavy atom. The van der Waals surface area contributed by atoms with Crippen LogP contribution in [0.3, 0.4) is 0 Å². The van der Waals surface area contributed by atoms with E-state index in [1.165, 1.54) is 11.1 Å². The quantitative estimate of drug-likeness (QED) is 0.789. The molecule has 2 aromatic carbocycles. The van der Waals surface area contributed by atoms with Gasteiger partial charge < -0.3 is 10.1 Å². The lowest BCUT2D eigenvalue weighted by Gasteiger charge is -2.28. The lowest BCUT2D eigenvalue weighted by molar-refractivity contribution is -0.127. The number of hydrogen-bond donors (Lipinski definition) is 1. The Balaban J connectivity index is 1.35. The van der Waals surface area contributed by atoms with Gasteiger partial charge in [-0.05, 0) is 43.0 Å². The van der Waals surface area contributed by atoms with Crippen LogP contribution in [-0.2, 0) is 17.8 Å². The maximum absolute atomic E-state index is 12.1. The first kappa shape index (κ1) is 17.5. The number of para-hydroxylation sites is 1. The molecule has 25 heavy (non-hydrogen) atoms. The predicted octanol–water partition coefficient (Wildman–Crippen LogP) is 3.02. The van der Waals surface area contributed by atoms with Gasteiger partial charge in [-0.15, -0.1) is 0 Å². The molecule has 1 N–H and O–H groups in total. The largest absolute Gasteiger partial charge is 0.481 e. The minimum atomic E-state index is -0.482. The monoisotopic (exact) mass is 338 g/mol. The highest BCUT2D eigenvalue weighted by atomic mass is 16.5. The Hall–Kier alpha value is -2.33. The molecule has 0 bridgehead atoms. The Kier molecular flexibility index (Phi) is 6.07. The average Bonchev–Trinajstić information content (AvgIpc) is 2.65. The molecule has 0 unspecified atom stereocenters. The second kappa shape index (κ2) is 8.67. The number of carbonyl (C=O) groups is 1. The number of rotatable bonds is 7. The molecule has 0 aliphatic carbocycles. The maximum Gasteiger partial charge on any atom is 0.260 e. The molecule has 1 aliphatic heterocycles. The summed E-state index contributed by atoms with van der Waals surface area (Å²) in [5, 5.41) is 2.97. The topological polar surface area (TPSA) is 41.6 Å². The van der Waals surface area contributed by atoms with Crippen molar-refractivity contribution < 1.29 is 9.53 Å². The smallest absolute Gasteiger partial charge is 0.260 e. The van der Waals surface area contributed by atoms with Crippen LogP contribution in [0.1, 0.15) is 24.5 Å². The fourth-order valence-corrected chi connectivity index (χ4v) is 3.16. The predicted molar refractivity (Wildman–Crippen MR) is 99.6 cm³/mol. The van der Waals surface area contributed by atoms with Crippen LogP contribution in [0.4, 0.5) is 0 Å². The van der Waals surface area contributed by atoms with Gasteiger partial charge in [0.05, 0.1) is 0 Å². The zero-order valence-electron chi connectivity index (χ0n) is 14.8. The van der Waals surface area contributed by atoms with Crippen LogP contribution in [0.5, 0.6) is 5.75 Å². The van der Waals surface area contributed by atoms with E-state index in [1.54, 1.807) is 6.92 Å². The van der Waals surface area contributed by atoms with Gasteiger partial charge in [0.1, 0.15) is 5.75 Å². The van der Waals surface area contributed by atoms with E-state index < -0.39 is 6.10 Å². The number of amides is 1. The first-order chi connectivity index (χ1) is 12.2. The van der Waals surface area contributed by atoms with Crippen molar-refractivity contribution in [3.8, 4) is 5.75 Å². The van der Waals surface area contributed by atoms with E-state index in [2.05, 4.69) is 34.5 Å². The molecular formula is C21H26N2O2. The summed E-state index contributed by atoms with van der Waals surface area (Å²) in [4.78, 5) is 14.6. The first-order valence-corrected chi connectivity index (χ1v) is 9.01. The van der Waals surface area contributed by atoms with Gasteiger partial charge in [-0.2, -0.15) is 0 Å². The Morgan fingerprint density at radius 2 is 1.84 bits per heavy atom. The van der Waals surface area contributed by atoms with Crippen LogP contribution in [0, 0.1) is 0 Å². The lowest BCUT2D eigenvalue weighted by Crippen LogP contribution is -2.38. The highest BCUT2D eigenvalue weighted by Gasteiger charge is 2.16. The third kappa shape index (κ3) is 5.07. The molecule has 3 rings (SSSR count). The molecule has 132 valence electrons. The maximum atomic E-state index is 12.1. The van der Waals surface area contributed by atoms with Crippen LogP contribution in [0.25, 0.3) is 0 Å². The zero-order chi connectivity index (χ0) is 17.5. The first-order valence-electron chi connectivity index (χ1n) is 9.01. The van der Waals surface area contributed by atoms with Crippen molar-refractivity contribution in [1.29, 1.82) is 0 Å². The summed E-state index contributed by atoms with van der Waals surface area (Å²) in [5.41, 5.74) is 2.90. The van der Waals surface area contributed by atoms with E-state index in [0.29, 0.717) is 6.54 Å². The number of benzene rings is 2. The molecule has 4 nitrogen and oxygen atoms in total. The Labute approximate surface area is 149 Å². The van der Waals surface area contributed by atoms with Crippen LogP contribution in [0.15, 0.2) is 54.6 Å². The summed E-state index contributed by atoms with van der Waals surface area (Å²) in [6, 6.07) is 18.1. The second-order valence-electron chi connectivity index (χ2n) is 6.51. The second-order valence-corrected chi connectivity index (χ2v) is 6.51. The minimum Gasteiger partial charge on any atom is -0.481 e. The molecule has 1 atom stereocenters. The van der Waals surface area contributed by atoms with Gasteiger partial charge in [-0.1, -0.05) is 42.5 Å². The third-order valence-corrected chi connectivity index (χ3v) is 4.59. The summed E-state index contributed by atoms with van der Waals surface area (Å²) < 4.78 is 5.64. The summed E-state index contributed by atoms with van der Waals surface area (Å²) in [6.07, 6.45) is 1.58. The molecule has 0 fully saturated rings. The van der Waals surface area contributed by atoms with Gasteiger partial charge in [0.25, 0.3) is 5.91 Å². The number of carbonyl (C=O) groups excluding carboxylic acids is 1. The molecule has 0 saturated heterocycles. The van der Waals surface area contributed by atoms with Crippen molar-refractivity contribution in [2.45, 2.75) is 32.4 Å². The van der Waals surface area contributed by atoms with Gasteiger partial charge in [0.15, 0.2) is 6.10 Å². The fourth-order valence-electron chi connectivity index (χ4n) is 3.16. The number of hydrogen-bond acceptors (Lipinski definition) is 3. The highest BCUT2D eigenvalue weighted by molar-refractivity contribution is 5.80. The summed E-state index contributed by atoms with van der Waals surface area (Å²) >= 11 is 0. The molecule has 1 amide bonds. The van der Waals surface area contributed by atoms with Gasteiger partial charge in [0, 0.05) is 26.2 Å². The SMILES string of the molecule is C[C@H](Oc1ccccc1)C(=O)NCCCN1CCc2ccccc2C1. The normalized spacial score (nSPS) is 15.2. The Morgan fingerprint density at radius 3 is 2.64 bits per heavy atom. The van der Waals surface area contributed by atoms with E-state index in [1.807, 2.05) is 30.3 Å². The Bertz CT molecular complexity index is 687. The van der Waals surface area contributed by atoms with Gasteiger partial charge in [-0.3, -0.25) is 9.69 Å². The van der Waals surface area contributed by atoms with Crippen LogP contribution in [0.2, 0.25) is 0 Å². The number of nitrogens with zero attached hydrogens (tertiary/aromatic N) is 1. The van der Waals surface area contributed by atoms with Crippen molar-refractivity contribution in [3.63, 3.8) is 0 Å². The van der Waals surface area contributed by atoms with Crippen molar-refractivity contribution in [3.05, 3.63) is 65.7 Å². The molecule has 2 aromatic rings. The van der Waals surface area contributed by atoms with Crippen molar-refractivity contribution in [2.24, 2.45) is 0 Å². The van der Waals surface area contributed by atoms with E-state index in [9.17, 15) is 4.79 Å². The summed E-state index contributed by atoms with van der Waals surface area (Å²) in [5.74, 6) is 0.657. The van der Waals surface area contributed by atoms with Crippen molar-refractivity contribution in [2.75, 3.05) is 19.6 Å². The van der Waals surface area contributed by atoms with E-state index in [4.69, 9.17) is 4.74 Å². The molecule has 0 aromatic heterocycles. The minimum absolute atomic E-state index is 0.0622. The molecule has 0 spiro atoms. The van der Waals surface area contributed by atoms with Gasteiger partial charge in [0.2, 0.25) is 0 Å². The summed E-state index contributed by atoms with van der Waals surface area (Å²) in [7, 11) is 0. The number of nitrogens with one attached hydrogen (secondary N) is 1. The average molecular weight is 338 g/mol. The standard InChI is InChI=1S/C21H26N2O2/c1-17(25-20-10-3-2-4-11-20)21(24)22-13-7-14-23-15-12-18-8-5-6-9-19(18)16-23/h2-6,8-11,17H,7,12-16H2,1H3,(H,22,24)/t17-/m0/s1. The lowest BCUT2D eigenvalue weighted by atomic mass is 10.00. The van der Waals surface area contributed by atoms with Gasteiger partial charge >= 0.3 is 0 Å². The van der Waals surface area contributed by atoms with Crippen LogP contribution in [-0.4, -0.2) is 36.5 Å². The molecular weight excluding hydrogens is 312 g/mol. The van der Waals surface area contributed by atoms with Crippen molar-refractivity contribution in [1.82, 2.24) is 10.2 Å². The van der Waals surface area contributed by atoms with Crippen LogP contribution < -0.4 is 10.1 Å². The number of fused-ring (bicyclic) bond motifs is 1. The van der Waals surface area contributed by atoms with E-state index in [-0.39, 0.29) is 5.91 Å². The molecule has 0 radical (unpaired) electrons. The number of ether oxygens (including phenoxy) is 1. The fraction of sp³-hybridized carbons (Fsp3) is 0.381. The molecule has 1 aliphatic rings. The summed E-state index contributed by atoms with van der Waals surface area (Å²) in [6.45, 7) is 5.57.